The number of rotatable bonds is 8. The lowest BCUT2D eigenvalue weighted by atomic mass is 10.1. The molecule has 5 nitrogen and oxygen atoms in total. The Balaban J connectivity index is 0. The summed E-state index contributed by atoms with van der Waals surface area (Å²) in [5, 5.41) is 6.02. The molecule has 0 aromatic rings. The Morgan fingerprint density at radius 2 is 1.87 bits per heavy atom. The van der Waals surface area contributed by atoms with Crippen LogP contribution in [-0.2, 0) is 4.79 Å². The molecule has 23 heavy (non-hydrogen) atoms. The van der Waals surface area contributed by atoms with E-state index in [9.17, 15) is 18.0 Å². The van der Waals surface area contributed by atoms with Gasteiger partial charge in [0.15, 0.2) is 5.96 Å². The number of nitrogens with one attached hydrogen (secondary N) is 2. The maximum Gasteiger partial charge on any atom is 0.406 e. The number of guanidine groups is 1. The molecule has 0 saturated carbocycles. The van der Waals surface area contributed by atoms with E-state index in [0.717, 1.165) is 19.9 Å². The van der Waals surface area contributed by atoms with Crippen molar-refractivity contribution in [2.75, 3.05) is 33.2 Å². The number of nitrogens with zero attached hydrogens (tertiary/aromatic N) is 2. The maximum absolute atomic E-state index is 12.2. The van der Waals surface area contributed by atoms with Crippen LogP contribution in [0.2, 0.25) is 0 Å². The maximum atomic E-state index is 12.2. The third-order valence-corrected chi connectivity index (χ3v) is 2.81. The Morgan fingerprint density at radius 3 is 2.35 bits per heavy atom. The highest BCUT2D eigenvalue weighted by molar-refractivity contribution is 14.0. The molecule has 0 aliphatic rings. The van der Waals surface area contributed by atoms with Gasteiger partial charge >= 0.3 is 6.18 Å². The van der Waals surface area contributed by atoms with Gasteiger partial charge in [-0.25, -0.2) is 4.99 Å². The Labute approximate surface area is 153 Å². The summed E-state index contributed by atoms with van der Waals surface area (Å²) in [6.07, 6.45) is -2.36. The van der Waals surface area contributed by atoms with Crippen LogP contribution in [-0.4, -0.2) is 56.2 Å². The van der Waals surface area contributed by atoms with Crippen LogP contribution in [0.4, 0.5) is 13.2 Å². The van der Waals surface area contributed by atoms with Crippen molar-refractivity contribution in [1.82, 2.24) is 15.5 Å². The quantitative estimate of drug-likeness (QED) is 0.258. The van der Waals surface area contributed by atoms with Crippen LogP contribution >= 0.6 is 24.0 Å². The third-order valence-electron chi connectivity index (χ3n) is 2.81. The smallest absolute Gasteiger partial charge is 0.357 e. The van der Waals surface area contributed by atoms with Crippen molar-refractivity contribution in [2.24, 2.45) is 10.9 Å². The molecule has 0 aromatic carbocycles. The summed E-state index contributed by atoms with van der Waals surface area (Å²) < 4.78 is 36.6. The molecule has 138 valence electrons. The molecule has 0 bridgehead atoms. The average molecular weight is 452 g/mol. The van der Waals surface area contributed by atoms with Gasteiger partial charge in [-0.15, -0.1) is 24.0 Å². The average Bonchev–Trinajstić information content (AvgIpc) is 2.38. The molecule has 0 saturated heterocycles. The van der Waals surface area contributed by atoms with E-state index in [4.69, 9.17) is 0 Å². The number of halogens is 4. The van der Waals surface area contributed by atoms with E-state index in [0.29, 0.717) is 29.9 Å². The van der Waals surface area contributed by atoms with E-state index in [1.807, 2.05) is 6.92 Å². The molecule has 0 aromatic heterocycles. The first-order valence-electron chi connectivity index (χ1n) is 7.48. The van der Waals surface area contributed by atoms with Gasteiger partial charge in [0, 0.05) is 20.1 Å². The summed E-state index contributed by atoms with van der Waals surface area (Å²) in [4.78, 5) is 16.3. The molecule has 0 fully saturated rings. The molecular weight excluding hydrogens is 424 g/mol. The number of carbonyl (C=O) groups is 1. The first-order valence-corrected chi connectivity index (χ1v) is 7.48. The van der Waals surface area contributed by atoms with Crippen LogP contribution in [0.15, 0.2) is 4.99 Å². The Bertz CT molecular complexity index is 362. The number of alkyl halides is 3. The van der Waals surface area contributed by atoms with Gasteiger partial charge in [-0.3, -0.25) is 4.79 Å². The Kier molecular flexibility index (Phi) is 13.5. The lowest BCUT2D eigenvalue weighted by molar-refractivity contribution is -0.157. The van der Waals surface area contributed by atoms with Crippen LogP contribution in [0.25, 0.3) is 0 Å². The number of amides is 1. The van der Waals surface area contributed by atoms with Crippen molar-refractivity contribution in [3.63, 3.8) is 0 Å². The number of aliphatic imine (C=N–C) groups is 1. The van der Waals surface area contributed by atoms with E-state index < -0.39 is 18.6 Å². The van der Waals surface area contributed by atoms with Crippen LogP contribution in [0.5, 0.6) is 0 Å². The molecule has 1 amide bonds. The Morgan fingerprint density at radius 1 is 1.26 bits per heavy atom. The summed E-state index contributed by atoms with van der Waals surface area (Å²) in [6, 6.07) is 0. The van der Waals surface area contributed by atoms with Gasteiger partial charge in [0.05, 0.1) is 0 Å². The van der Waals surface area contributed by atoms with Gasteiger partial charge in [-0.1, -0.05) is 13.8 Å². The molecule has 0 heterocycles. The topological polar surface area (TPSA) is 56.7 Å². The van der Waals surface area contributed by atoms with Gasteiger partial charge in [0.25, 0.3) is 0 Å². The van der Waals surface area contributed by atoms with Crippen LogP contribution in [0.3, 0.4) is 0 Å². The monoisotopic (exact) mass is 452 g/mol. The first kappa shape index (κ1) is 24.5. The second-order valence-electron chi connectivity index (χ2n) is 5.52. The van der Waals surface area contributed by atoms with Crippen molar-refractivity contribution in [3.8, 4) is 0 Å². The lowest BCUT2D eigenvalue weighted by Crippen LogP contribution is -2.40. The molecule has 0 spiro atoms. The molecule has 0 aliphatic carbocycles. The van der Waals surface area contributed by atoms with Crippen LogP contribution < -0.4 is 10.6 Å². The second kappa shape index (κ2) is 12.7. The highest BCUT2D eigenvalue weighted by Crippen LogP contribution is 2.15. The van der Waals surface area contributed by atoms with Crippen molar-refractivity contribution in [3.05, 3.63) is 0 Å². The molecule has 9 heteroatoms. The van der Waals surface area contributed by atoms with Crippen LogP contribution in [0, 0.1) is 5.92 Å². The summed E-state index contributed by atoms with van der Waals surface area (Å²) in [5.41, 5.74) is 0. The van der Waals surface area contributed by atoms with E-state index in [1.54, 1.807) is 0 Å². The summed E-state index contributed by atoms with van der Waals surface area (Å²) >= 11 is 0. The van der Waals surface area contributed by atoms with Gasteiger partial charge in [0.2, 0.25) is 5.91 Å². The minimum absolute atomic E-state index is 0. The fourth-order valence-corrected chi connectivity index (χ4v) is 1.68. The number of hydrogen-bond donors (Lipinski definition) is 2. The number of carbonyl (C=O) groups excluding carboxylic acids is 1. The van der Waals surface area contributed by atoms with E-state index in [1.165, 1.54) is 0 Å². The highest BCUT2D eigenvalue weighted by atomic mass is 127. The molecule has 0 rings (SSSR count). The predicted molar refractivity (Wildman–Crippen MR) is 97.2 cm³/mol. The fraction of sp³-hybridized carbons (Fsp3) is 0.857. The molecule has 2 N–H and O–H groups in total. The summed E-state index contributed by atoms with van der Waals surface area (Å²) in [6.45, 7) is 5.89. The zero-order chi connectivity index (χ0) is 17.2. The van der Waals surface area contributed by atoms with E-state index >= 15 is 0 Å². The van der Waals surface area contributed by atoms with Crippen molar-refractivity contribution < 1.29 is 18.0 Å². The van der Waals surface area contributed by atoms with E-state index in [-0.39, 0.29) is 30.5 Å². The number of likely N-dealkylation sites (N-methyl/N-ethyl adjacent to an activating group) is 1. The van der Waals surface area contributed by atoms with Gasteiger partial charge in [0.1, 0.15) is 13.1 Å². The van der Waals surface area contributed by atoms with Crippen molar-refractivity contribution in [2.45, 2.75) is 39.8 Å². The van der Waals surface area contributed by atoms with Gasteiger partial charge in [-0.2, -0.15) is 13.2 Å². The summed E-state index contributed by atoms with van der Waals surface area (Å²) in [5.74, 6) is 0.385. The van der Waals surface area contributed by atoms with Crippen LogP contribution in [0.1, 0.15) is 33.6 Å². The van der Waals surface area contributed by atoms with Gasteiger partial charge < -0.3 is 15.5 Å². The molecule has 0 unspecified atom stereocenters. The normalized spacial score (nSPS) is 11.9. The zero-order valence-corrected chi connectivity index (χ0v) is 16.5. The van der Waals surface area contributed by atoms with E-state index in [2.05, 4.69) is 29.5 Å². The minimum Gasteiger partial charge on any atom is -0.357 e. The highest BCUT2D eigenvalue weighted by Gasteiger charge is 2.30. The molecular formula is C14H28F3IN4O. The predicted octanol–water partition coefficient (Wildman–Crippen LogP) is 2.62. The fourth-order valence-electron chi connectivity index (χ4n) is 1.68. The summed E-state index contributed by atoms with van der Waals surface area (Å²) in [7, 11) is 1.12. The second-order valence-corrected chi connectivity index (χ2v) is 5.52. The standard InChI is InChI=1S/C14H27F3N4O.HI/c1-5-18-13(19-8-6-7-11(2)3)20-9-12(22)21(4)10-14(15,16)17;/h11H,5-10H2,1-4H3,(H2,18,19,20);1H. The van der Waals surface area contributed by atoms with Gasteiger partial charge in [-0.05, 0) is 25.7 Å². The first-order chi connectivity index (χ1) is 10.2. The van der Waals surface area contributed by atoms with Crippen molar-refractivity contribution >= 4 is 35.8 Å². The third kappa shape index (κ3) is 14.6. The Hall–Kier alpha value is -0.740. The SMILES string of the molecule is CCNC(=NCC(=O)N(C)CC(F)(F)F)NCCCC(C)C.I. The molecule has 0 aliphatic heterocycles. The number of hydrogen-bond acceptors (Lipinski definition) is 2. The molecule has 0 radical (unpaired) electrons. The lowest BCUT2D eigenvalue weighted by Gasteiger charge is -2.18. The zero-order valence-electron chi connectivity index (χ0n) is 14.2. The minimum atomic E-state index is -4.40. The molecule has 0 atom stereocenters. The largest absolute Gasteiger partial charge is 0.406 e. The van der Waals surface area contributed by atoms with Crippen molar-refractivity contribution in [1.29, 1.82) is 0 Å².